The summed E-state index contributed by atoms with van der Waals surface area (Å²) >= 11 is 6.78. The number of aliphatic hydroxyl groups is 1. The van der Waals surface area contributed by atoms with E-state index in [1.165, 1.54) is 16.9 Å². The molecule has 0 spiro atoms. The van der Waals surface area contributed by atoms with Gasteiger partial charge in [-0.1, -0.05) is 76.9 Å². The molecule has 12 nitrogen and oxygen atoms in total. The minimum atomic E-state index is -1.63. The summed E-state index contributed by atoms with van der Waals surface area (Å²) in [5.41, 5.74) is -1.60. The Kier molecular flexibility index (Phi) is 12.4. The second-order valence-electron chi connectivity index (χ2n) is 17.0. The third-order valence-electron chi connectivity index (χ3n) is 11.1. The van der Waals surface area contributed by atoms with E-state index < -0.39 is 65.0 Å². The predicted molar refractivity (Wildman–Crippen MR) is 203 cm³/mol. The van der Waals surface area contributed by atoms with Crippen molar-refractivity contribution in [2.75, 3.05) is 26.1 Å². The summed E-state index contributed by atoms with van der Waals surface area (Å²) in [5.74, 6) is -1.42. The molecule has 2 saturated heterocycles. The normalized spacial score (nSPS) is 31.1. The van der Waals surface area contributed by atoms with E-state index in [2.05, 4.69) is 5.32 Å². The number of alkyl carbamates (subject to hydrolysis) is 1. The third-order valence-corrected chi connectivity index (χ3v) is 11.5. The van der Waals surface area contributed by atoms with Gasteiger partial charge >= 0.3 is 12.1 Å². The number of likely N-dealkylation sites (N-methyl/N-ethyl adjacent to an activating group) is 1. The summed E-state index contributed by atoms with van der Waals surface area (Å²) in [7, 11) is 4.66. The van der Waals surface area contributed by atoms with Gasteiger partial charge in [0.25, 0.3) is 0 Å². The van der Waals surface area contributed by atoms with Crippen LogP contribution in [0.3, 0.4) is 0 Å². The number of fused-ring (bicyclic) bond motifs is 5. The van der Waals surface area contributed by atoms with Gasteiger partial charge < -0.3 is 33.9 Å². The van der Waals surface area contributed by atoms with Crippen molar-refractivity contribution in [3.63, 3.8) is 0 Å². The van der Waals surface area contributed by atoms with Crippen LogP contribution >= 0.6 is 11.6 Å². The lowest BCUT2D eigenvalue weighted by molar-refractivity contribution is -0.162. The van der Waals surface area contributed by atoms with E-state index in [9.17, 15) is 24.3 Å². The highest BCUT2D eigenvalue weighted by atomic mass is 35.5. The van der Waals surface area contributed by atoms with Gasteiger partial charge in [-0.15, -0.1) is 0 Å². The van der Waals surface area contributed by atoms with Crippen LogP contribution in [0.1, 0.15) is 93.6 Å². The number of carbonyl (C=O) groups excluding carboxylic acids is 4. The summed E-state index contributed by atoms with van der Waals surface area (Å²) in [6.45, 7) is 17.0. The van der Waals surface area contributed by atoms with E-state index in [-0.39, 0.29) is 35.6 Å². The fourth-order valence-corrected chi connectivity index (χ4v) is 7.38. The number of epoxide rings is 1. The minimum Gasteiger partial charge on any atom is -0.495 e. The Hall–Kier alpha value is -3.61. The van der Waals surface area contributed by atoms with Gasteiger partial charge in [0.2, 0.25) is 11.8 Å². The van der Waals surface area contributed by atoms with E-state index in [1.54, 1.807) is 27.9 Å². The van der Waals surface area contributed by atoms with E-state index in [0.29, 0.717) is 24.3 Å². The van der Waals surface area contributed by atoms with Crippen LogP contribution in [0.25, 0.3) is 0 Å². The maximum atomic E-state index is 14.2. The van der Waals surface area contributed by atoms with Crippen molar-refractivity contribution in [2.45, 2.75) is 130 Å². The van der Waals surface area contributed by atoms with Gasteiger partial charge in [0.05, 0.1) is 25.3 Å². The highest BCUT2D eigenvalue weighted by Gasteiger charge is 2.68. The lowest BCUT2D eigenvalue weighted by Crippen LogP contribution is -2.62. The molecule has 7 unspecified atom stereocenters. The van der Waals surface area contributed by atoms with E-state index in [4.69, 9.17) is 30.5 Å². The molecule has 3 aliphatic heterocycles. The summed E-state index contributed by atoms with van der Waals surface area (Å²) in [5, 5.41) is 14.6. The molecule has 53 heavy (non-hydrogen) atoms. The monoisotopic (exact) mass is 759 g/mol. The number of rotatable bonds is 6. The van der Waals surface area contributed by atoms with Gasteiger partial charge in [0.15, 0.2) is 0 Å². The predicted octanol–water partition coefficient (Wildman–Crippen LogP) is 6.35. The molecule has 0 aliphatic carbocycles. The van der Waals surface area contributed by atoms with Crippen LogP contribution in [0.15, 0.2) is 35.9 Å². The minimum absolute atomic E-state index is 0.0463. The van der Waals surface area contributed by atoms with Gasteiger partial charge in [-0.3, -0.25) is 14.9 Å². The molecule has 3 aliphatic rings. The molecule has 1 aromatic carbocycles. The maximum absolute atomic E-state index is 14.2. The zero-order chi connectivity index (χ0) is 39.8. The Morgan fingerprint density at radius 3 is 2.49 bits per heavy atom. The summed E-state index contributed by atoms with van der Waals surface area (Å²) < 4.78 is 23.9. The number of anilines is 1. The molecule has 13 heteroatoms. The molecule has 0 saturated carbocycles. The first kappa shape index (κ1) is 42.1. The molecular weight excluding hydrogens is 702 g/mol. The number of carbonyl (C=O) groups is 4. The zero-order valence-corrected chi connectivity index (χ0v) is 34.1. The van der Waals surface area contributed by atoms with Crippen LogP contribution in [0.5, 0.6) is 5.75 Å². The van der Waals surface area contributed by atoms with E-state index >= 15 is 0 Å². The largest absolute Gasteiger partial charge is 0.495 e. The first-order chi connectivity index (χ1) is 24.4. The fourth-order valence-electron chi connectivity index (χ4n) is 7.07. The van der Waals surface area contributed by atoms with Crippen LogP contribution in [-0.4, -0.2) is 90.8 Å². The number of halogens is 1. The molecule has 294 valence electrons. The number of nitrogens with one attached hydrogen (secondary N) is 1. The van der Waals surface area contributed by atoms with Crippen molar-refractivity contribution in [2.24, 2.45) is 16.7 Å². The molecule has 3 amide bonds. The van der Waals surface area contributed by atoms with Crippen LogP contribution < -0.4 is 15.0 Å². The van der Waals surface area contributed by atoms with Crippen LogP contribution in [0.4, 0.5) is 10.5 Å². The first-order valence-electron chi connectivity index (χ1n) is 18.3. The van der Waals surface area contributed by atoms with Crippen molar-refractivity contribution in [3.05, 3.63) is 46.5 Å². The lowest BCUT2D eigenvalue weighted by Gasteiger charge is -2.45. The Morgan fingerprint density at radius 1 is 1.21 bits per heavy atom. The molecule has 2 N–H and O–H groups in total. The SMILES string of the molecule is COc1cc2cc(c1Cl)N(C)C(=O)CC(OC(=O)C(C)N(C)C(=O)CCC(C)(C)C)C1(C)OC1C(C)(C)C1CC(O)(NC(=O)O1)C(C)/C=C/C=C(\C)C2. The van der Waals surface area contributed by atoms with Gasteiger partial charge in [0, 0.05) is 38.3 Å². The smallest absolute Gasteiger partial charge is 0.409 e. The second-order valence-corrected chi connectivity index (χ2v) is 17.3. The van der Waals surface area contributed by atoms with E-state index in [0.717, 1.165) is 11.1 Å². The number of amides is 3. The standard InChI is InChI=1S/C40H58ClN3O9/c1-23-14-13-15-24(2)40(49)22-30(52-36(48)42-40)38(7,8)35-39(9,53-35)29(51-34(47)25(3)43(10)31(45)16-17-37(4,5)6)21-32(46)44(11)27-19-26(18-23)20-28(50-12)33(27)41/h13-15,19-20,24-25,29-30,35,49H,16-18,21-22H2,1-12H3,(H,42,48)/b15-13+,23-14+. The fraction of sp³-hybridized carbons (Fsp3) is 0.650. The Bertz CT molecular complexity index is 1650. The summed E-state index contributed by atoms with van der Waals surface area (Å²) in [6, 6.07) is 2.68. The molecular formula is C40H58ClN3O9. The van der Waals surface area contributed by atoms with Gasteiger partial charge in [-0.25, -0.2) is 9.59 Å². The average molecular weight is 760 g/mol. The topological polar surface area (TPSA) is 147 Å². The van der Waals surface area contributed by atoms with Crippen LogP contribution in [0, 0.1) is 16.7 Å². The lowest BCUT2D eigenvalue weighted by atomic mass is 9.72. The molecule has 0 radical (unpaired) electrons. The number of esters is 1. The molecule has 3 heterocycles. The van der Waals surface area contributed by atoms with Gasteiger partial charge in [-0.2, -0.15) is 0 Å². The number of methoxy groups -OCH3 is 1. The molecule has 0 aromatic heterocycles. The number of nitrogens with zero attached hydrogens (tertiary/aromatic N) is 2. The first-order valence-corrected chi connectivity index (χ1v) is 18.6. The highest BCUT2D eigenvalue weighted by molar-refractivity contribution is 6.35. The number of allylic oxidation sites excluding steroid dienone is 3. The quantitative estimate of drug-likeness (QED) is 0.250. The number of ether oxygens (including phenoxy) is 4. The van der Waals surface area contributed by atoms with Gasteiger partial charge in [-0.05, 0) is 56.7 Å². The van der Waals surface area contributed by atoms with Gasteiger partial charge in [0.1, 0.15) is 40.3 Å². The average Bonchev–Trinajstić information content (AvgIpc) is 3.78. The number of hydrogen-bond acceptors (Lipinski definition) is 9. The third kappa shape index (κ3) is 9.38. The summed E-state index contributed by atoms with van der Waals surface area (Å²) in [4.78, 5) is 56.8. The molecule has 7 atom stereocenters. The summed E-state index contributed by atoms with van der Waals surface area (Å²) in [6.07, 6.45) is 3.37. The zero-order valence-electron chi connectivity index (χ0n) is 33.3. The van der Waals surface area contributed by atoms with E-state index in [1.807, 2.05) is 78.8 Å². The van der Waals surface area contributed by atoms with Crippen LogP contribution in [0.2, 0.25) is 5.02 Å². The van der Waals surface area contributed by atoms with Crippen molar-refractivity contribution < 1.29 is 43.2 Å². The van der Waals surface area contributed by atoms with Crippen molar-refractivity contribution in [3.8, 4) is 5.75 Å². The second kappa shape index (κ2) is 15.6. The Balaban J connectivity index is 1.76. The molecule has 4 rings (SSSR count). The molecule has 1 aromatic rings. The highest BCUT2D eigenvalue weighted by Crippen LogP contribution is 2.54. The molecule has 4 bridgehead atoms. The number of benzene rings is 1. The van der Waals surface area contributed by atoms with Crippen molar-refractivity contribution >= 4 is 41.2 Å². The maximum Gasteiger partial charge on any atom is 0.409 e. The Morgan fingerprint density at radius 2 is 1.87 bits per heavy atom. The van der Waals surface area contributed by atoms with Crippen molar-refractivity contribution in [1.82, 2.24) is 10.2 Å². The number of hydrogen-bond donors (Lipinski definition) is 2. The molecule has 2 fully saturated rings. The Labute approximate surface area is 319 Å². The van der Waals surface area contributed by atoms with Crippen molar-refractivity contribution in [1.29, 1.82) is 0 Å². The van der Waals surface area contributed by atoms with Crippen LogP contribution in [-0.2, 0) is 35.0 Å².